The fourth-order valence-electron chi connectivity index (χ4n) is 1.30. The van der Waals surface area contributed by atoms with Crippen LogP contribution >= 0.6 is 34.8 Å². The lowest BCUT2D eigenvalue weighted by molar-refractivity contribution is 1.17. The van der Waals surface area contributed by atoms with Crippen LogP contribution in [-0.2, 0) is 0 Å². The third-order valence-corrected chi connectivity index (χ3v) is 2.88. The molecule has 0 spiro atoms. The smallest absolute Gasteiger partial charge is 0.224 e. The first kappa shape index (κ1) is 12.4. The van der Waals surface area contributed by atoms with E-state index >= 15 is 0 Å². The summed E-state index contributed by atoms with van der Waals surface area (Å²) in [6.45, 7) is 1.97. The van der Waals surface area contributed by atoms with Crippen LogP contribution in [0.5, 0.6) is 0 Å². The summed E-state index contributed by atoms with van der Waals surface area (Å²) in [5.74, 6) is 0.430. The van der Waals surface area contributed by atoms with Gasteiger partial charge in [-0.15, -0.1) is 0 Å². The number of halogens is 3. The van der Waals surface area contributed by atoms with Crippen molar-refractivity contribution in [2.75, 3.05) is 5.32 Å². The van der Waals surface area contributed by atoms with Gasteiger partial charge < -0.3 is 5.32 Å². The number of nitrogens with one attached hydrogen (secondary N) is 1. The summed E-state index contributed by atoms with van der Waals surface area (Å²) in [6.07, 6.45) is 1.43. The average molecular weight is 289 g/mol. The van der Waals surface area contributed by atoms with E-state index in [0.29, 0.717) is 15.9 Å². The molecule has 0 radical (unpaired) electrons. The minimum absolute atomic E-state index is 0.126. The van der Waals surface area contributed by atoms with E-state index in [1.165, 1.54) is 6.20 Å². The SMILES string of the molecule is Cc1ccc(Cl)c(Nc2nc(Cl)ncc2Cl)c1. The van der Waals surface area contributed by atoms with Gasteiger partial charge in [0, 0.05) is 0 Å². The summed E-state index contributed by atoms with van der Waals surface area (Å²) in [5, 5.41) is 4.11. The molecule has 1 aromatic carbocycles. The number of aryl methyl sites for hydroxylation is 1. The van der Waals surface area contributed by atoms with Gasteiger partial charge in [-0.05, 0) is 36.2 Å². The predicted molar refractivity (Wildman–Crippen MR) is 71.5 cm³/mol. The molecule has 2 rings (SSSR count). The lowest BCUT2D eigenvalue weighted by Crippen LogP contribution is -1.97. The number of anilines is 2. The lowest BCUT2D eigenvalue weighted by Gasteiger charge is -2.09. The van der Waals surface area contributed by atoms with Gasteiger partial charge in [0.1, 0.15) is 5.02 Å². The molecule has 0 aliphatic rings. The summed E-state index contributed by atoms with van der Waals surface area (Å²) in [6, 6.07) is 5.62. The Labute approximate surface area is 114 Å². The van der Waals surface area contributed by atoms with Crippen molar-refractivity contribution in [1.29, 1.82) is 0 Å². The van der Waals surface area contributed by atoms with Crippen molar-refractivity contribution in [3.05, 3.63) is 45.3 Å². The van der Waals surface area contributed by atoms with Crippen LogP contribution in [0.2, 0.25) is 15.3 Å². The molecule has 0 saturated carbocycles. The first-order valence-electron chi connectivity index (χ1n) is 4.77. The van der Waals surface area contributed by atoms with E-state index in [1.807, 2.05) is 19.1 Å². The average Bonchev–Trinajstić information content (AvgIpc) is 2.28. The molecule has 2 aromatic rings. The van der Waals surface area contributed by atoms with Gasteiger partial charge >= 0.3 is 0 Å². The highest BCUT2D eigenvalue weighted by Crippen LogP contribution is 2.29. The molecule has 0 saturated heterocycles. The molecule has 0 unspecified atom stereocenters. The van der Waals surface area contributed by atoms with Gasteiger partial charge in [-0.25, -0.2) is 4.98 Å². The summed E-state index contributed by atoms with van der Waals surface area (Å²) < 4.78 is 0. The largest absolute Gasteiger partial charge is 0.338 e. The van der Waals surface area contributed by atoms with Crippen molar-refractivity contribution in [3.63, 3.8) is 0 Å². The second-order valence-corrected chi connectivity index (χ2v) is 4.60. The Morgan fingerprint density at radius 3 is 2.65 bits per heavy atom. The highest BCUT2D eigenvalue weighted by molar-refractivity contribution is 6.35. The van der Waals surface area contributed by atoms with Crippen LogP contribution in [0.25, 0.3) is 0 Å². The quantitative estimate of drug-likeness (QED) is 0.827. The molecule has 0 fully saturated rings. The zero-order valence-electron chi connectivity index (χ0n) is 8.84. The summed E-state index contributed by atoms with van der Waals surface area (Å²) >= 11 is 17.7. The standard InChI is InChI=1S/C11H8Cl3N3/c1-6-2-3-7(12)9(4-6)16-10-8(13)5-15-11(14)17-10/h2-5H,1H3,(H,15,16,17). The van der Waals surface area contributed by atoms with Gasteiger partial charge in [-0.1, -0.05) is 29.3 Å². The topological polar surface area (TPSA) is 37.8 Å². The molecule has 0 aliphatic heterocycles. The second-order valence-electron chi connectivity index (χ2n) is 3.44. The van der Waals surface area contributed by atoms with E-state index in [9.17, 15) is 0 Å². The molecule has 0 amide bonds. The molecule has 1 aromatic heterocycles. The van der Waals surface area contributed by atoms with Crippen molar-refractivity contribution in [2.24, 2.45) is 0 Å². The molecule has 88 valence electrons. The predicted octanol–water partition coefficient (Wildman–Crippen LogP) is 4.49. The van der Waals surface area contributed by atoms with Crippen molar-refractivity contribution in [2.45, 2.75) is 6.92 Å². The van der Waals surface area contributed by atoms with Gasteiger partial charge in [-0.3, -0.25) is 0 Å². The van der Waals surface area contributed by atoms with E-state index in [0.717, 1.165) is 11.3 Å². The minimum Gasteiger partial charge on any atom is -0.338 e. The maximum atomic E-state index is 6.06. The van der Waals surface area contributed by atoms with Gasteiger partial charge in [0.2, 0.25) is 5.28 Å². The first-order valence-corrected chi connectivity index (χ1v) is 5.91. The van der Waals surface area contributed by atoms with Crippen molar-refractivity contribution >= 4 is 46.3 Å². The molecule has 1 heterocycles. The zero-order valence-corrected chi connectivity index (χ0v) is 11.1. The third kappa shape index (κ3) is 3.00. The van der Waals surface area contributed by atoms with Crippen LogP contribution in [0.15, 0.2) is 24.4 Å². The van der Waals surface area contributed by atoms with Crippen LogP contribution < -0.4 is 5.32 Å². The maximum Gasteiger partial charge on any atom is 0.224 e. The minimum atomic E-state index is 0.126. The molecular weight excluding hydrogens is 281 g/mol. The van der Waals surface area contributed by atoms with E-state index in [2.05, 4.69) is 15.3 Å². The Morgan fingerprint density at radius 1 is 1.12 bits per heavy atom. The summed E-state index contributed by atoms with van der Waals surface area (Å²) in [4.78, 5) is 7.76. The molecular formula is C11H8Cl3N3. The molecule has 0 bridgehead atoms. The lowest BCUT2D eigenvalue weighted by atomic mass is 10.2. The van der Waals surface area contributed by atoms with Gasteiger partial charge in [0.25, 0.3) is 0 Å². The Hall–Kier alpha value is -1.03. The first-order chi connectivity index (χ1) is 8.06. The zero-order chi connectivity index (χ0) is 12.4. The van der Waals surface area contributed by atoms with Crippen LogP contribution in [-0.4, -0.2) is 9.97 Å². The Bertz CT molecular complexity index is 508. The van der Waals surface area contributed by atoms with Crippen molar-refractivity contribution < 1.29 is 0 Å². The molecule has 6 heteroatoms. The van der Waals surface area contributed by atoms with Crippen LogP contribution in [0.4, 0.5) is 11.5 Å². The highest BCUT2D eigenvalue weighted by atomic mass is 35.5. The Morgan fingerprint density at radius 2 is 1.88 bits per heavy atom. The number of hydrogen-bond acceptors (Lipinski definition) is 3. The number of rotatable bonds is 2. The molecule has 17 heavy (non-hydrogen) atoms. The number of benzene rings is 1. The number of nitrogens with zero attached hydrogens (tertiary/aromatic N) is 2. The van der Waals surface area contributed by atoms with Crippen molar-refractivity contribution in [3.8, 4) is 0 Å². The normalized spacial score (nSPS) is 10.4. The molecule has 1 N–H and O–H groups in total. The molecule has 0 atom stereocenters. The number of hydrogen-bond donors (Lipinski definition) is 1. The number of aromatic nitrogens is 2. The second kappa shape index (κ2) is 5.08. The van der Waals surface area contributed by atoms with E-state index in [-0.39, 0.29) is 5.28 Å². The van der Waals surface area contributed by atoms with E-state index in [4.69, 9.17) is 34.8 Å². The van der Waals surface area contributed by atoms with Crippen LogP contribution in [0, 0.1) is 6.92 Å². The van der Waals surface area contributed by atoms with Crippen LogP contribution in [0.3, 0.4) is 0 Å². The Balaban J connectivity index is 2.37. The van der Waals surface area contributed by atoms with E-state index in [1.54, 1.807) is 6.07 Å². The Kier molecular flexibility index (Phi) is 3.72. The monoisotopic (exact) mass is 287 g/mol. The highest BCUT2D eigenvalue weighted by Gasteiger charge is 2.07. The summed E-state index contributed by atoms with van der Waals surface area (Å²) in [7, 11) is 0. The fraction of sp³-hybridized carbons (Fsp3) is 0.0909. The van der Waals surface area contributed by atoms with Gasteiger partial charge in [0.05, 0.1) is 16.9 Å². The maximum absolute atomic E-state index is 6.06. The van der Waals surface area contributed by atoms with Gasteiger partial charge in [0.15, 0.2) is 5.82 Å². The van der Waals surface area contributed by atoms with E-state index < -0.39 is 0 Å². The van der Waals surface area contributed by atoms with Crippen molar-refractivity contribution in [1.82, 2.24) is 9.97 Å². The molecule has 0 aliphatic carbocycles. The van der Waals surface area contributed by atoms with Gasteiger partial charge in [-0.2, -0.15) is 4.98 Å². The fourth-order valence-corrected chi connectivity index (χ4v) is 1.73. The molecule has 3 nitrogen and oxygen atoms in total. The summed E-state index contributed by atoms with van der Waals surface area (Å²) in [5.41, 5.74) is 1.80. The van der Waals surface area contributed by atoms with Crippen LogP contribution in [0.1, 0.15) is 5.56 Å². The third-order valence-electron chi connectivity index (χ3n) is 2.09.